The number of hydrogen-bond donors (Lipinski definition) is 2. The van der Waals surface area contributed by atoms with Crippen LogP contribution in [0.3, 0.4) is 0 Å². The number of aliphatic hydroxyl groups is 1. The van der Waals surface area contributed by atoms with Crippen molar-refractivity contribution in [3.8, 4) is 11.4 Å². The number of alkyl halides is 3. The van der Waals surface area contributed by atoms with Gasteiger partial charge < -0.3 is 10.4 Å². The van der Waals surface area contributed by atoms with Gasteiger partial charge in [0, 0.05) is 40.6 Å². The van der Waals surface area contributed by atoms with Gasteiger partial charge in [-0.3, -0.25) is 4.98 Å². The second-order valence-corrected chi connectivity index (χ2v) is 6.67. The minimum absolute atomic E-state index is 0.0895. The molecule has 0 saturated heterocycles. The molecule has 2 heterocycles. The van der Waals surface area contributed by atoms with Gasteiger partial charge in [-0.05, 0) is 35.9 Å². The van der Waals surface area contributed by atoms with Crippen LogP contribution in [0.25, 0.3) is 11.4 Å². The lowest BCUT2D eigenvalue weighted by molar-refractivity contribution is -0.141. The molecule has 2 N–H and O–H groups in total. The Bertz CT molecular complexity index is 951. The molecule has 2 aromatic heterocycles. The Morgan fingerprint density at radius 1 is 1.07 bits per heavy atom. The molecule has 146 valence electrons. The molecule has 10 heteroatoms. The Morgan fingerprint density at radius 2 is 1.79 bits per heavy atom. The van der Waals surface area contributed by atoms with Crippen LogP contribution in [-0.2, 0) is 6.18 Å². The van der Waals surface area contributed by atoms with Crippen LogP contribution in [0.15, 0.2) is 48.8 Å². The zero-order chi connectivity index (χ0) is 20.3. The SMILES string of the molecule is OC(CNc1cc(C(F)(F)F)nc(-c2cccnc2)n1)c1cc(Cl)cc(Cl)c1. The van der Waals surface area contributed by atoms with Crippen LogP contribution in [0, 0.1) is 0 Å². The lowest BCUT2D eigenvalue weighted by Crippen LogP contribution is -2.16. The van der Waals surface area contributed by atoms with Crippen molar-refractivity contribution in [1.29, 1.82) is 0 Å². The Morgan fingerprint density at radius 3 is 2.39 bits per heavy atom. The summed E-state index contributed by atoms with van der Waals surface area (Å²) >= 11 is 11.8. The van der Waals surface area contributed by atoms with Gasteiger partial charge in [-0.2, -0.15) is 13.2 Å². The molecule has 5 nitrogen and oxygen atoms in total. The summed E-state index contributed by atoms with van der Waals surface area (Å²) in [6, 6.07) is 8.43. The third-order valence-electron chi connectivity index (χ3n) is 3.68. The van der Waals surface area contributed by atoms with E-state index in [0.29, 0.717) is 21.2 Å². The first kappa shape index (κ1) is 20.3. The number of aliphatic hydroxyl groups excluding tert-OH is 1. The van der Waals surface area contributed by atoms with E-state index < -0.39 is 18.0 Å². The standard InChI is InChI=1S/C18H13Cl2F3N4O/c19-12-4-11(5-13(20)6-12)14(28)9-25-16-7-15(18(21,22)23)26-17(27-16)10-2-1-3-24-8-10/h1-8,14,28H,9H2,(H,25,26,27). The lowest BCUT2D eigenvalue weighted by Gasteiger charge is -2.15. The molecule has 0 aliphatic heterocycles. The van der Waals surface area contributed by atoms with Crippen molar-refractivity contribution in [2.45, 2.75) is 12.3 Å². The predicted molar refractivity (Wildman–Crippen MR) is 100 cm³/mol. The number of rotatable bonds is 5. The summed E-state index contributed by atoms with van der Waals surface area (Å²) in [5, 5.41) is 13.7. The Hall–Kier alpha value is -2.42. The quantitative estimate of drug-likeness (QED) is 0.597. The normalized spacial score (nSPS) is 12.6. The summed E-state index contributed by atoms with van der Waals surface area (Å²) in [4.78, 5) is 11.5. The topological polar surface area (TPSA) is 70.9 Å². The predicted octanol–water partition coefficient (Wildman–Crippen LogP) is 5.01. The fourth-order valence-electron chi connectivity index (χ4n) is 2.39. The number of hydrogen-bond acceptors (Lipinski definition) is 5. The number of benzene rings is 1. The fraction of sp³-hybridized carbons (Fsp3) is 0.167. The first-order valence-corrected chi connectivity index (χ1v) is 8.72. The molecule has 1 atom stereocenters. The van der Waals surface area contributed by atoms with Gasteiger partial charge in [-0.25, -0.2) is 9.97 Å². The van der Waals surface area contributed by atoms with Crippen LogP contribution < -0.4 is 5.32 Å². The summed E-state index contributed by atoms with van der Waals surface area (Å²) in [6.07, 6.45) is -2.87. The van der Waals surface area contributed by atoms with Crippen molar-refractivity contribution < 1.29 is 18.3 Å². The molecular weight excluding hydrogens is 416 g/mol. The maximum atomic E-state index is 13.2. The van der Waals surface area contributed by atoms with Gasteiger partial charge >= 0.3 is 6.18 Å². The molecule has 28 heavy (non-hydrogen) atoms. The van der Waals surface area contributed by atoms with E-state index in [1.54, 1.807) is 12.1 Å². The highest BCUT2D eigenvalue weighted by molar-refractivity contribution is 6.34. The van der Waals surface area contributed by atoms with Crippen LogP contribution in [0.1, 0.15) is 17.4 Å². The zero-order valence-corrected chi connectivity index (χ0v) is 15.6. The molecule has 0 spiro atoms. The average molecular weight is 429 g/mol. The van der Waals surface area contributed by atoms with Gasteiger partial charge in [0.25, 0.3) is 0 Å². The van der Waals surface area contributed by atoms with Crippen LogP contribution in [0.2, 0.25) is 10.0 Å². The molecule has 1 aromatic carbocycles. The Balaban J connectivity index is 1.86. The van der Waals surface area contributed by atoms with Gasteiger partial charge in [-0.15, -0.1) is 0 Å². The van der Waals surface area contributed by atoms with Crippen LogP contribution in [-0.4, -0.2) is 26.6 Å². The maximum Gasteiger partial charge on any atom is 0.433 e. The molecule has 0 saturated carbocycles. The summed E-state index contributed by atoms with van der Waals surface area (Å²) in [7, 11) is 0. The van der Waals surface area contributed by atoms with E-state index in [9.17, 15) is 18.3 Å². The van der Waals surface area contributed by atoms with Crippen LogP contribution in [0.5, 0.6) is 0 Å². The highest BCUT2D eigenvalue weighted by atomic mass is 35.5. The van der Waals surface area contributed by atoms with E-state index in [4.69, 9.17) is 23.2 Å². The number of nitrogens with zero attached hydrogens (tertiary/aromatic N) is 3. The van der Waals surface area contributed by atoms with Gasteiger partial charge in [0.1, 0.15) is 5.82 Å². The smallest absolute Gasteiger partial charge is 0.387 e. The average Bonchev–Trinajstić information content (AvgIpc) is 2.65. The third-order valence-corrected chi connectivity index (χ3v) is 4.12. The van der Waals surface area contributed by atoms with Crippen molar-refractivity contribution >= 4 is 29.0 Å². The van der Waals surface area contributed by atoms with Gasteiger partial charge in [0.15, 0.2) is 11.5 Å². The minimum atomic E-state index is -4.66. The van der Waals surface area contributed by atoms with Gasteiger partial charge in [0.05, 0.1) is 6.10 Å². The van der Waals surface area contributed by atoms with E-state index in [2.05, 4.69) is 20.3 Å². The van der Waals surface area contributed by atoms with E-state index in [-0.39, 0.29) is 18.2 Å². The summed E-state index contributed by atoms with van der Waals surface area (Å²) in [5.74, 6) is -0.223. The van der Waals surface area contributed by atoms with Crippen molar-refractivity contribution in [1.82, 2.24) is 15.0 Å². The zero-order valence-electron chi connectivity index (χ0n) is 14.1. The van der Waals surface area contributed by atoms with E-state index >= 15 is 0 Å². The fourth-order valence-corrected chi connectivity index (χ4v) is 2.94. The van der Waals surface area contributed by atoms with E-state index in [0.717, 1.165) is 6.07 Å². The van der Waals surface area contributed by atoms with E-state index in [1.165, 1.54) is 30.6 Å². The Labute approximate surface area is 168 Å². The molecule has 0 amide bonds. The lowest BCUT2D eigenvalue weighted by atomic mass is 10.1. The summed E-state index contributed by atoms with van der Waals surface area (Å²) in [6.45, 7) is -0.114. The van der Waals surface area contributed by atoms with Gasteiger partial charge in [-0.1, -0.05) is 23.2 Å². The van der Waals surface area contributed by atoms with Crippen LogP contribution in [0.4, 0.5) is 19.0 Å². The number of pyridine rings is 1. The summed E-state index contributed by atoms with van der Waals surface area (Å²) in [5.41, 5.74) is -0.356. The molecule has 3 aromatic rings. The van der Waals surface area contributed by atoms with Gasteiger partial charge in [0.2, 0.25) is 0 Å². The highest BCUT2D eigenvalue weighted by Gasteiger charge is 2.34. The van der Waals surface area contributed by atoms with Crippen LogP contribution >= 0.6 is 23.2 Å². The van der Waals surface area contributed by atoms with Crippen molar-refractivity contribution in [2.75, 3.05) is 11.9 Å². The Kier molecular flexibility index (Phi) is 6.02. The molecule has 0 aliphatic rings. The van der Waals surface area contributed by atoms with Crippen molar-refractivity contribution in [3.05, 3.63) is 70.1 Å². The van der Waals surface area contributed by atoms with E-state index in [1.807, 2.05) is 0 Å². The molecule has 0 radical (unpaired) electrons. The summed E-state index contributed by atoms with van der Waals surface area (Å²) < 4.78 is 39.6. The first-order valence-electron chi connectivity index (χ1n) is 7.97. The number of halogens is 5. The first-order chi connectivity index (χ1) is 13.2. The molecule has 0 aliphatic carbocycles. The molecular formula is C18H13Cl2F3N4O. The van der Waals surface area contributed by atoms with Crippen molar-refractivity contribution in [2.24, 2.45) is 0 Å². The molecule has 1 unspecified atom stereocenters. The number of aromatic nitrogens is 3. The second-order valence-electron chi connectivity index (χ2n) is 5.80. The highest BCUT2D eigenvalue weighted by Crippen LogP contribution is 2.31. The maximum absolute atomic E-state index is 13.2. The molecule has 0 fully saturated rings. The third kappa shape index (κ3) is 5.09. The minimum Gasteiger partial charge on any atom is -0.387 e. The monoisotopic (exact) mass is 428 g/mol. The largest absolute Gasteiger partial charge is 0.433 e. The molecule has 3 rings (SSSR count). The number of nitrogens with one attached hydrogen (secondary N) is 1. The number of anilines is 1. The second kappa shape index (κ2) is 8.30. The van der Waals surface area contributed by atoms with Crippen molar-refractivity contribution in [3.63, 3.8) is 0 Å². The molecule has 0 bridgehead atoms.